The summed E-state index contributed by atoms with van der Waals surface area (Å²) in [5, 5.41) is 6.03. The highest BCUT2D eigenvalue weighted by Gasteiger charge is 2.14. The molecule has 1 atom stereocenters. The summed E-state index contributed by atoms with van der Waals surface area (Å²) in [4.78, 5) is 11.6. The van der Waals surface area contributed by atoms with Crippen LogP contribution in [-0.4, -0.2) is 18.5 Å². The van der Waals surface area contributed by atoms with Gasteiger partial charge in [0.05, 0.1) is 12.6 Å². The number of rotatable bonds is 5. The van der Waals surface area contributed by atoms with Gasteiger partial charge in [-0.15, -0.1) is 0 Å². The zero-order valence-electron chi connectivity index (χ0n) is 11.3. The minimum absolute atomic E-state index is 0.00412. The maximum absolute atomic E-state index is 11.6. The Morgan fingerprint density at radius 1 is 1.35 bits per heavy atom. The maximum Gasteiger partial charge on any atom is 0.234 e. The zero-order valence-corrected chi connectivity index (χ0v) is 11.3. The SMILES string of the molecule is Cc1cc(C(C)NC(=O)CNC(C)C)c(C)o1. The second kappa shape index (κ2) is 5.87. The lowest BCUT2D eigenvalue weighted by Crippen LogP contribution is -2.38. The largest absolute Gasteiger partial charge is 0.466 e. The number of hydrogen-bond donors (Lipinski definition) is 2. The summed E-state index contributed by atoms with van der Waals surface area (Å²) in [5.41, 5.74) is 1.04. The molecule has 1 rings (SSSR count). The third-order valence-electron chi connectivity index (χ3n) is 2.59. The van der Waals surface area contributed by atoms with Crippen molar-refractivity contribution >= 4 is 5.91 Å². The van der Waals surface area contributed by atoms with Crippen LogP contribution in [0.3, 0.4) is 0 Å². The van der Waals surface area contributed by atoms with Crippen LogP contribution in [0.5, 0.6) is 0 Å². The summed E-state index contributed by atoms with van der Waals surface area (Å²) >= 11 is 0. The first-order valence-electron chi connectivity index (χ1n) is 5.99. The van der Waals surface area contributed by atoms with Crippen molar-refractivity contribution in [3.63, 3.8) is 0 Å². The Morgan fingerprint density at radius 3 is 2.47 bits per heavy atom. The molecule has 0 aliphatic rings. The van der Waals surface area contributed by atoms with E-state index in [0.717, 1.165) is 17.1 Å². The monoisotopic (exact) mass is 238 g/mol. The van der Waals surface area contributed by atoms with Crippen LogP contribution in [0.15, 0.2) is 10.5 Å². The molecule has 0 spiro atoms. The topological polar surface area (TPSA) is 54.3 Å². The fraction of sp³-hybridized carbons (Fsp3) is 0.615. The summed E-state index contributed by atoms with van der Waals surface area (Å²) in [6.45, 7) is 10.2. The van der Waals surface area contributed by atoms with Gasteiger partial charge >= 0.3 is 0 Å². The molecule has 0 saturated heterocycles. The standard InChI is InChI=1S/C13H22N2O2/c1-8(2)14-7-13(16)15-10(4)12-6-9(3)17-11(12)5/h6,8,10,14H,7H2,1-5H3,(H,15,16). The van der Waals surface area contributed by atoms with Crippen molar-refractivity contribution in [1.29, 1.82) is 0 Å². The van der Waals surface area contributed by atoms with Crippen LogP contribution in [0.1, 0.15) is 43.9 Å². The molecular weight excluding hydrogens is 216 g/mol. The Morgan fingerprint density at radius 2 is 2.00 bits per heavy atom. The molecule has 0 bridgehead atoms. The van der Waals surface area contributed by atoms with Gasteiger partial charge in [-0.2, -0.15) is 0 Å². The van der Waals surface area contributed by atoms with Crippen molar-refractivity contribution in [2.45, 2.75) is 46.7 Å². The predicted molar refractivity (Wildman–Crippen MR) is 67.9 cm³/mol. The molecule has 0 aromatic carbocycles. The lowest BCUT2D eigenvalue weighted by atomic mass is 10.1. The van der Waals surface area contributed by atoms with Crippen molar-refractivity contribution in [2.75, 3.05) is 6.54 Å². The first-order valence-corrected chi connectivity index (χ1v) is 5.99. The van der Waals surface area contributed by atoms with E-state index in [2.05, 4.69) is 10.6 Å². The minimum atomic E-state index is -0.0195. The van der Waals surface area contributed by atoms with Crippen LogP contribution in [0, 0.1) is 13.8 Å². The Kier molecular flexibility index (Phi) is 4.75. The van der Waals surface area contributed by atoms with Crippen molar-refractivity contribution < 1.29 is 9.21 Å². The smallest absolute Gasteiger partial charge is 0.234 e. The van der Waals surface area contributed by atoms with Crippen LogP contribution in [0.2, 0.25) is 0 Å². The van der Waals surface area contributed by atoms with E-state index in [4.69, 9.17) is 4.42 Å². The number of nitrogens with one attached hydrogen (secondary N) is 2. The normalized spacial score (nSPS) is 12.8. The third kappa shape index (κ3) is 4.23. The summed E-state index contributed by atoms with van der Waals surface area (Å²) in [6, 6.07) is 2.26. The lowest BCUT2D eigenvalue weighted by molar-refractivity contribution is -0.121. The average Bonchev–Trinajstić information content (AvgIpc) is 2.55. The maximum atomic E-state index is 11.6. The van der Waals surface area contributed by atoms with E-state index < -0.39 is 0 Å². The first-order chi connectivity index (χ1) is 7.90. The van der Waals surface area contributed by atoms with Gasteiger partial charge in [0.1, 0.15) is 11.5 Å². The molecule has 96 valence electrons. The molecule has 1 aromatic rings. The Balaban J connectivity index is 2.51. The van der Waals surface area contributed by atoms with E-state index >= 15 is 0 Å². The molecule has 0 saturated carbocycles. The quantitative estimate of drug-likeness (QED) is 0.825. The van der Waals surface area contributed by atoms with Gasteiger partial charge in [-0.25, -0.2) is 0 Å². The lowest BCUT2D eigenvalue weighted by Gasteiger charge is -2.14. The molecule has 4 heteroatoms. The van der Waals surface area contributed by atoms with E-state index in [-0.39, 0.29) is 11.9 Å². The first kappa shape index (κ1) is 13.8. The molecule has 1 heterocycles. The Labute approximate surface area is 103 Å². The average molecular weight is 238 g/mol. The van der Waals surface area contributed by atoms with E-state index in [1.54, 1.807) is 0 Å². The van der Waals surface area contributed by atoms with Gasteiger partial charge in [0.15, 0.2) is 0 Å². The molecule has 0 fully saturated rings. The number of carbonyl (C=O) groups is 1. The third-order valence-corrected chi connectivity index (χ3v) is 2.59. The number of furan rings is 1. The van der Waals surface area contributed by atoms with Gasteiger partial charge in [0.2, 0.25) is 5.91 Å². The Bertz CT molecular complexity index is 383. The molecule has 0 aliphatic carbocycles. The molecule has 0 aliphatic heterocycles. The number of carbonyl (C=O) groups excluding carboxylic acids is 1. The van der Waals surface area contributed by atoms with Gasteiger partial charge in [-0.3, -0.25) is 4.79 Å². The van der Waals surface area contributed by atoms with E-state index in [9.17, 15) is 4.79 Å². The van der Waals surface area contributed by atoms with Gasteiger partial charge in [0.25, 0.3) is 0 Å². The summed E-state index contributed by atoms with van der Waals surface area (Å²) in [6.07, 6.45) is 0. The molecule has 1 amide bonds. The van der Waals surface area contributed by atoms with Crippen molar-refractivity contribution in [1.82, 2.24) is 10.6 Å². The number of amides is 1. The summed E-state index contributed by atoms with van der Waals surface area (Å²) < 4.78 is 5.45. The summed E-state index contributed by atoms with van der Waals surface area (Å²) in [7, 11) is 0. The predicted octanol–water partition coefficient (Wildman–Crippen LogP) is 2.07. The zero-order chi connectivity index (χ0) is 13.0. The van der Waals surface area contributed by atoms with Crippen LogP contribution < -0.4 is 10.6 Å². The second-order valence-electron chi connectivity index (χ2n) is 4.69. The molecular formula is C13H22N2O2. The highest BCUT2D eigenvalue weighted by Crippen LogP contribution is 2.20. The molecule has 1 unspecified atom stereocenters. The highest BCUT2D eigenvalue weighted by atomic mass is 16.3. The van der Waals surface area contributed by atoms with Crippen LogP contribution in [-0.2, 0) is 4.79 Å². The van der Waals surface area contributed by atoms with Crippen LogP contribution >= 0.6 is 0 Å². The van der Waals surface area contributed by atoms with Crippen LogP contribution in [0.25, 0.3) is 0 Å². The molecule has 17 heavy (non-hydrogen) atoms. The number of hydrogen-bond acceptors (Lipinski definition) is 3. The van der Waals surface area contributed by atoms with E-state index in [1.807, 2.05) is 40.7 Å². The molecule has 1 aromatic heterocycles. The fourth-order valence-corrected chi connectivity index (χ4v) is 1.75. The van der Waals surface area contributed by atoms with Gasteiger partial charge in [0, 0.05) is 11.6 Å². The van der Waals surface area contributed by atoms with Gasteiger partial charge < -0.3 is 15.1 Å². The highest BCUT2D eigenvalue weighted by molar-refractivity contribution is 5.78. The molecule has 4 nitrogen and oxygen atoms in total. The molecule has 0 radical (unpaired) electrons. The van der Waals surface area contributed by atoms with Crippen molar-refractivity contribution in [2.24, 2.45) is 0 Å². The minimum Gasteiger partial charge on any atom is -0.466 e. The van der Waals surface area contributed by atoms with Gasteiger partial charge in [-0.05, 0) is 26.8 Å². The van der Waals surface area contributed by atoms with E-state index in [0.29, 0.717) is 12.6 Å². The summed E-state index contributed by atoms with van der Waals surface area (Å²) in [5.74, 6) is 1.75. The van der Waals surface area contributed by atoms with Gasteiger partial charge in [-0.1, -0.05) is 13.8 Å². The van der Waals surface area contributed by atoms with Crippen molar-refractivity contribution in [3.8, 4) is 0 Å². The number of aryl methyl sites for hydroxylation is 2. The van der Waals surface area contributed by atoms with Crippen LogP contribution in [0.4, 0.5) is 0 Å². The Hall–Kier alpha value is -1.29. The van der Waals surface area contributed by atoms with Crippen molar-refractivity contribution in [3.05, 3.63) is 23.2 Å². The van der Waals surface area contributed by atoms with E-state index in [1.165, 1.54) is 0 Å². The fourth-order valence-electron chi connectivity index (χ4n) is 1.75. The molecule has 2 N–H and O–H groups in total. The second-order valence-corrected chi connectivity index (χ2v) is 4.69.